The van der Waals surface area contributed by atoms with Crippen molar-refractivity contribution in [1.82, 2.24) is 19.9 Å². The SMILES string of the molecule is Cc1cncc(Cc2ccc(F)c(-c3ncnc4cc(N5CCOCC5)ccc34)c2)n1. The second-order valence-corrected chi connectivity index (χ2v) is 7.67. The molecule has 4 aromatic rings. The van der Waals surface area contributed by atoms with Crippen LogP contribution in [-0.2, 0) is 11.2 Å². The van der Waals surface area contributed by atoms with Gasteiger partial charge in [0.2, 0.25) is 0 Å². The lowest BCUT2D eigenvalue weighted by atomic mass is 10.0. The molecule has 7 heteroatoms. The minimum absolute atomic E-state index is 0.309. The van der Waals surface area contributed by atoms with Gasteiger partial charge in [0.1, 0.15) is 12.1 Å². The minimum atomic E-state index is -0.309. The molecule has 1 aliphatic rings. The highest BCUT2D eigenvalue weighted by Gasteiger charge is 2.16. The van der Waals surface area contributed by atoms with Gasteiger partial charge in [0.25, 0.3) is 0 Å². The van der Waals surface area contributed by atoms with E-state index in [1.165, 1.54) is 12.4 Å². The molecule has 2 aromatic heterocycles. The number of hydrogen-bond acceptors (Lipinski definition) is 6. The van der Waals surface area contributed by atoms with Gasteiger partial charge in [0, 0.05) is 48.5 Å². The van der Waals surface area contributed by atoms with Crippen LogP contribution in [-0.4, -0.2) is 46.2 Å². The maximum absolute atomic E-state index is 14.8. The number of hydrogen-bond donors (Lipinski definition) is 0. The van der Waals surface area contributed by atoms with E-state index in [4.69, 9.17) is 4.74 Å². The zero-order valence-corrected chi connectivity index (χ0v) is 17.3. The van der Waals surface area contributed by atoms with E-state index in [1.54, 1.807) is 18.5 Å². The fourth-order valence-corrected chi connectivity index (χ4v) is 3.95. The molecule has 2 aromatic carbocycles. The first kappa shape index (κ1) is 19.5. The number of anilines is 1. The Balaban J connectivity index is 1.52. The second-order valence-electron chi connectivity index (χ2n) is 7.67. The summed E-state index contributed by atoms with van der Waals surface area (Å²) in [6.45, 7) is 5.04. The van der Waals surface area contributed by atoms with Crippen LogP contribution in [0, 0.1) is 12.7 Å². The number of halogens is 1. The minimum Gasteiger partial charge on any atom is -0.378 e. The Morgan fingerprint density at radius 2 is 1.90 bits per heavy atom. The van der Waals surface area contributed by atoms with Crippen molar-refractivity contribution in [1.29, 1.82) is 0 Å². The fraction of sp³-hybridized carbons (Fsp3) is 0.250. The van der Waals surface area contributed by atoms with Crippen molar-refractivity contribution in [2.24, 2.45) is 0 Å². The van der Waals surface area contributed by atoms with E-state index in [0.29, 0.717) is 17.7 Å². The first-order valence-corrected chi connectivity index (χ1v) is 10.3. The van der Waals surface area contributed by atoms with Gasteiger partial charge in [-0.25, -0.2) is 14.4 Å². The lowest BCUT2D eigenvalue weighted by Gasteiger charge is -2.29. The van der Waals surface area contributed by atoms with Crippen LogP contribution < -0.4 is 4.90 Å². The second kappa shape index (κ2) is 8.35. The smallest absolute Gasteiger partial charge is 0.132 e. The molecular weight excluding hydrogens is 393 g/mol. The summed E-state index contributed by atoms with van der Waals surface area (Å²) in [7, 11) is 0. The van der Waals surface area contributed by atoms with Crippen LogP contribution >= 0.6 is 0 Å². The Labute approximate surface area is 179 Å². The molecule has 1 aliphatic heterocycles. The molecule has 0 atom stereocenters. The summed E-state index contributed by atoms with van der Waals surface area (Å²) in [6.07, 6.45) is 5.53. The van der Waals surface area contributed by atoms with Crippen LogP contribution in [0.2, 0.25) is 0 Å². The van der Waals surface area contributed by atoms with E-state index in [1.807, 2.05) is 31.2 Å². The van der Waals surface area contributed by atoms with E-state index >= 15 is 0 Å². The topological polar surface area (TPSA) is 64.0 Å². The number of rotatable bonds is 4. The predicted octanol–water partition coefficient (Wildman–Crippen LogP) is 3.96. The Hall–Kier alpha value is -3.45. The average molecular weight is 415 g/mol. The molecule has 0 amide bonds. The Morgan fingerprint density at radius 1 is 1.03 bits per heavy atom. The molecule has 3 heterocycles. The fourth-order valence-electron chi connectivity index (χ4n) is 3.95. The number of nitrogens with zero attached hydrogens (tertiary/aromatic N) is 5. The molecule has 1 saturated heterocycles. The van der Waals surface area contributed by atoms with Crippen LogP contribution in [0.3, 0.4) is 0 Å². The molecule has 0 N–H and O–H groups in total. The summed E-state index contributed by atoms with van der Waals surface area (Å²) >= 11 is 0. The lowest BCUT2D eigenvalue weighted by molar-refractivity contribution is 0.122. The van der Waals surface area contributed by atoms with Crippen LogP contribution in [0.25, 0.3) is 22.2 Å². The zero-order valence-electron chi connectivity index (χ0n) is 17.3. The van der Waals surface area contributed by atoms with Gasteiger partial charge in [-0.15, -0.1) is 0 Å². The molecule has 0 saturated carbocycles. The van der Waals surface area contributed by atoms with Crippen LogP contribution in [0.15, 0.2) is 55.1 Å². The number of ether oxygens (including phenoxy) is 1. The first-order valence-electron chi connectivity index (χ1n) is 10.3. The van der Waals surface area contributed by atoms with Crippen molar-refractivity contribution in [2.75, 3.05) is 31.2 Å². The third-order valence-electron chi connectivity index (χ3n) is 5.47. The van der Waals surface area contributed by atoms with Crippen molar-refractivity contribution in [3.63, 3.8) is 0 Å². The summed E-state index contributed by atoms with van der Waals surface area (Å²) in [6, 6.07) is 11.2. The first-order chi connectivity index (χ1) is 15.2. The summed E-state index contributed by atoms with van der Waals surface area (Å²) in [5, 5.41) is 0.825. The maximum Gasteiger partial charge on any atom is 0.132 e. The third kappa shape index (κ3) is 4.09. The molecule has 5 rings (SSSR count). The summed E-state index contributed by atoms with van der Waals surface area (Å²) in [4.78, 5) is 19.8. The van der Waals surface area contributed by atoms with Crippen LogP contribution in [0.1, 0.15) is 17.0 Å². The largest absolute Gasteiger partial charge is 0.378 e. The number of aromatic nitrogens is 4. The predicted molar refractivity (Wildman–Crippen MR) is 118 cm³/mol. The standard InChI is InChI=1S/C24H22FN5O/c1-16-13-26-14-18(29-16)10-17-2-5-22(25)21(11-17)24-20-4-3-19(12-23(20)27-15-28-24)30-6-8-31-9-7-30/h2-5,11-15H,6-10H2,1H3. The molecule has 0 bridgehead atoms. The Morgan fingerprint density at radius 3 is 2.74 bits per heavy atom. The molecule has 0 unspecified atom stereocenters. The maximum atomic E-state index is 14.8. The average Bonchev–Trinajstić information content (AvgIpc) is 2.80. The summed E-state index contributed by atoms with van der Waals surface area (Å²) in [5.74, 6) is -0.309. The van der Waals surface area contributed by atoms with E-state index in [2.05, 4.69) is 24.8 Å². The molecular formula is C24H22FN5O. The van der Waals surface area contributed by atoms with E-state index in [0.717, 1.165) is 59.8 Å². The van der Waals surface area contributed by atoms with E-state index in [-0.39, 0.29) is 5.82 Å². The Kier molecular flexibility index (Phi) is 5.26. The molecule has 0 spiro atoms. The number of benzene rings is 2. The number of aryl methyl sites for hydroxylation is 1. The van der Waals surface area contributed by atoms with Gasteiger partial charge in [-0.3, -0.25) is 9.97 Å². The Bertz CT molecular complexity index is 1240. The lowest BCUT2D eigenvalue weighted by Crippen LogP contribution is -2.36. The van der Waals surface area contributed by atoms with Gasteiger partial charge >= 0.3 is 0 Å². The van der Waals surface area contributed by atoms with Gasteiger partial charge in [-0.05, 0) is 42.8 Å². The van der Waals surface area contributed by atoms with Crippen molar-refractivity contribution < 1.29 is 9.13 Å². The van der Waals surface area contributed by atoms with Crippen molar-refractivity contribution in [3.05, 3.63) is 77.9 Å². The third-order valence-corrected chi connectivity index (χ3v) is 5.47. The molecule has 0 aliphatic carbocycles. The van der Waals surface area contributed by atoms with Crippen molar-refractivity contribution in [2.45, 2.75) is 13.3 Å². The van der Waals surface area contributed by atoms with Gasteiger partial charge in [-0.1, -0.05) is 6.07 Å². The molecule has 0 radical (unpaired) electrons. The number of fused-ring (bicyclic) bond motifs is 1. The number of morpholine rings is 1. The normalized spacial score (nSPS) is 14.2. The molecule has 156 valence electrons. The van der Waals surface area contributed by atoms with Crippen molar-refractivity contribution >= 4 is 16.6 Å². The van der Waals surface area contributed by atoms with Gasteiger partial charge in [0.05, 0.1) is 35.8 Å². The van der Waals surface area contributed by atoms with Crippen molar-refractivity contribution in [3.8, 4) is 11.3 Å². The highest BCUT2D eigenvalue weighted by atomic mass is 19.1. The highest BCUT2D eigenvalue weighted by molar-refractivity contribution is 5.94. The quantitative estimate of drug-likeness (QED) is 0.503. The van der Waals surface area contributed by atoms with Crippen LogP contribution in [0.4, 0.5) is 10.1 Å². The van der Waals surface area contributed by atoms with E-state index < -0.39 is 0 Å². The molecule has 1 fully saturated rings. The summed E-state index contributed by atoms with van der Waals surface area (Å²) in [5.41, 5.74) is 5.60. The van der Waals surface area contributed by atoms with Gasteiger partial charge in [-0.2, -0.15) is 0 Å². The van der Waals surface area contributed by atoms with E-state index in [9.17, 15) is 4.39 Å². The molecule has 31 heavy (non-hydrogen) atoms. The summed E-state index contributed by atoms with van der Waals surface area (Å²) < 4.78 is 20.3. The highest BCUT2D eigenvalue weighted by Crippen LogP contribution is 2.31. The van der Waals surface area contributed by atoms with Gasteiger partial charge in [0.15, 0.2) is 0 Å². The molecule has 6 nitrogen and oxygen atoms in total. The van der Waals surface area contributed by atoms with Crippen LogP contribution in [0.5, 0.6) is 0 Å². The monoisotopic (exact) mass is 415 g/mol. The van der Waals surface area contributed by atoms with Gasteiger partial charge < -0.3 is 9.64 Å². The zero-order chi connectivity index (χ0) is 21.2.